The highest BCUT2D eigenvalue weighted by Crippen LogP contribution is 2.35. The van der Waals surface area contributed by atoms with Crippen molar-refractivity contribution in [3.05, 3.63) is 76.9 Å². The Labute approximate surface area is 261 Å². The number of ether oxygens (including phenoxy) is 1. The molecule has 1 N–H and O–H groups in total. The van der Waals surface area contributed by atoms with E-state index in [9.17, 15) is 9.90 Å². The average molecular weight is 590 g/mol. The van der Waals surface area contributed by atoms with E-state index in [4.69, 9.17) is 19.7 Å². The minimum atomic E-state index is -0.307. The van der Waals surface area contributed by atoms with Crippen molar-refractivity contribution in [1.29, 1.82) is 0 Å². The van der Waals surface area contributed by atoms with E-state index in [1.54, 1.807) is 12.1 Å². The zero-order chi connectivity index (χ0) is 30.8. The van der Waals surface area contributed by atoms with Crippen LogP contribution in [0.1, 0.15) is 88.5 Å². The first-order valence-corrected chi connectivity index (χ1v) is 16.2. The van der Waals surface area contributed by atoms with Crippen molar-refractivity contribution in [3.8, 4) is 45.7 Å². The maximum absolute atomic E-state index is 12.6. The second kappa shape index (κ2) is 12.5. The number of hydrogen-bond acceptors (Lipinski definition) is 6. The first-order chi connectivity index (χ1) is 21.1. The summed E-state index contributed by atoms with van der Waals surface area (Å²) in [6.07, 6.45) is 10.4. The fourth-order valence-electron chi connectivity index (χ4n) is 6.84. The van der Waals surface area contributed by atoms with Gasteiger partial charge in [0.1, 0.15) is 11.5 Å². The lowest BCUT2D eigenvalue weighted by atomic mass is 9.84. The van der Waals surface area contributed by atoms with Gasteiger partial charge < -0.3 is 9.84 Å². The minimum Gasteiger partial charge on any atom is -0.507 e. The monoisotopic (exact) mass is 589 g/mol. The lowest BCUT2D eigenvalue weighted by Gasteiger charge is -2.22. The van der Waals surface area contributed by atoms with Crippen molar-refractivity contribution in [2.75, 3.05) is 0 Å². The summed E-state index contributed by atoms with van der Waals surface area (Å²) in [5.41, 5.74) is 8.02. The Morgan fingerprint density at radius 3 is 1.80 bits per heavy atom. The van der Waals surface area contributed by atoms with Gasteiger partial charge in [-0.3, -0.25) is 4.79 Å². The molecule has 6 nitrogen and oxygen atoms in total. The molecule has 0 bridgehead atoms. The summed E-state index contributed by atoms with van der Waals surface area (Å²) in [4.78, 5) is 27.4. The van der Waals surface area contributed by atoms with Gasteiger partial charge in [-0.1, -0.05) is 52.0 Å². The third-order valence-corrected chi connectivity index (χ3v) is 8.77. The van der Waals surface area contributed by atoms with Crippen molar-refractivity contribution in [2.45, 2.75) is 91.9 Å². The third-order valence-electron chi connectivity index (χ3n) is 8.77. The van der Waals surface area contributed by atoms with Gasteiger partial charge in [-0.15, -0.1) is 0 Å². The molecule has 0 radical (unpaired) electrons. The van der Waals surface area contributed by atoms with Crippen molar-refractivity contribution >= 4 is 5.97 Å². The molecule has 1 heterocycles. The van der Waals surface area contributed by atoms with E-state index in [1.807, 2.05) is 0 Å². The Balaban J connectivity index is 1.34. The predicted molar refractivity (Wildman–Crippen MR) is 175 cm³/mol. The van der Waals surface area contributed by atoms with Crippen molar-refractivity contribution in [1.82, 2.24) is 15.0 Å². The average Bonchev–Trinajstić information content (AvgIpc) is 2.99. The number of hydrogen-bond donors (Lipinski definition) is 1. The van der Waals surface area contributed by atoms with Crippen LogP contribution in [0.15, 0.2) is 54.6 Å². The minimum absolute atomic E-state index is 0.0444. The molecule has 228 valence electrons. The molecule has 3 aromatic carbocycles. The predicted octanol–water partition coefficient (Wildman–Crippen LogP) is 8.70. The number of carbonyl (C=O) groups is 1. The molecule has 2 aliphatic rings. The molecule has 1 atom stereocenters. The Hall–Kier alpha value is -4.06. The van der Waals surface area contributed by atoms with Crippen molar-refractivity contribution in [2.24, 2.45) is 11.3 Å². The molecule has 6 heteroatoms. The standard InChI is InChI=1S/C38H43N3O3/c1-24(23-38(2,3)4)19-34(43)44-31-17-18-32(33(42)22-31)37-40-35(29-15-13-25-9-5-7-11-27(25)20-29)39-36(41-37)30-16-14-26-10-6-8-12-28(26)21-30/h13-18,20-22,24,42H,5-12,19,23H2,1-4H3. The summed E-state index contributed by atoms with van der Waals surface area (Å²) < 4.78 is 5.61. The van der Waals surface area contributed by atoms with Gasteiger partial charge in [0.25, 0.3) is 0 Å². The van der Waals surface area contributed by atoms with E-state index in [1.165, 1.54) is 54.0 Å². The van der Waals surface area contributed by atoms with E-state index in [2.05, 4.69) is 64.1 Å². The summed E-state index contributed by atoms with van der Waals surface area (Å²) in [5.74, 6) is 1.70. The highest BCUT2D eigenvalue weighted by Gasteiger charge is 2.21. The first-order valence-electron chi connectivity index (χ1n) is 16.2. The molecule has 4 aromatic rings. The van der Waals surface area contributed by atoms with E-state index in [0.717, 1.165) is 43.2 Å². The zero-order valence-electron chi connectivity index (χ0n) is 26.4. The SMILES string of the molecule is CC(CC(=O)Oc1ccc(-c2nc(-c3ccc4c(c3)CCCC4)nc(-c3ccc4c(c3)CCCC4)n2)c(O)c1)CC(C)(C)C. The van der Waals surface area contributed by atoms with Gasteiger partial charge in [-0.2, -0.15) is 0 Å². The number of nitrogens with zero attached hydrogens (tertiary/aromatic N) is 3. The summed E-state index contributed by atoms with van der Waals surface area (Å²) >= 11 is 0. The van der Waals surface area contributed by atoms with E-state index in [0.29, 0.717) is 35.2 Å². The van der Waals surface area contributed by atoms with Crippen LogP contribution in [0.5, 0.6) is 11.5 Å². The number of phenolic OH excluding ortho intramolecular Hbond substituents is 1. The van der Waals surface area contributed by atoms with Crippen LogP contribution >= 0.6 is 0 Å². The highest BCUT2D eigenvalue weighted by molar-refractivity contribution is 5.75. The van der Waals surface area contributed by atoms with E-state index < -0.39 is 0 Å². The summed E-state index contributed by atoms with van der Waals surface area (Å²) in [6, 6.07) is 17.9. The number of rotatable bonds is 7. The lowest BCUT2D eigenvalue weighted by Crippen LogP contribution is -2.17. The molecule has 0 saturated carbocycles. The molecule has 0 fully saturated rings. The normalized spacial score (nSPS) is 15.3. The van der Waals surface area contributed by atoms with Gasteiger partial charge in [0.05, 0.1) is 5.56 Å². The fourth-order valence-corrected chi connectivity index (χ4v) is 6.84. The molecule has 44 heavy (non-hydrogen) atoms. The van der Waals surface area contributed by atoms with Crippen LogP contribution < -0.4 is 4.74 Å². The van der Waals surface area contributed by atoms with Crippen LogP contribution in [-0.4, -0.2) is 26.0 Å². The molecule has 0 spiro atoms. The molecule has 0 amide bonds. The summed E-state index contributed by atoms with van der Waals surface area (Å²) in [6.45, 7) is 8.57. The molecular weight excluding hydrogens is 546 g/mol. The van der Waals surface area contributed by atoms with Crippen LogP contribution in [0, 0.1) is 11.3 Å². The third kappa shape index (κ3) is 7.01. The number of aromatic hydroxyl groups is 1. The Bertz CT molecular complexity index is 1610. The number of esters is 1. The largest absolute Gasteiger partial charge is 0.507 e. The quantitative estimate of drug-likeness (QED) is 0.171. The molecule has 0 aliphatic heterocycles. The van der Waals surface area contributed by atoms with Crippen LogP contribution in [0.2, 0.25) is 0 Å². The first kappa shape index (κ1) is 30.0. The van der Waals surface area contributed by atoms with Crippen LogP contribution in [0.4, 0.5) is 0 Å². The maximum Gasteiger partial charge on any atom is 0.311 e. The smallest absolute Gasteiger partial charge is 0.311 e. The molecule has 1 aromatic heterocycles. The highest BCUT2D eigenvalue weighted by atomic mass is 16.5. The lowest BCUT2D eigenvalue weighted by molar-refractivity contribution is -0.135. The topological polar surface area (TPSA) is 85.2 Å². The maximum atomic E-state index is 12.6. The molecule has 2 aliphatic carbocycles. The van der Waals surface area contributed by atoms with Crippen molar-refractivity contribution in [3.63, 3.8) is 0 Å². The van der Waals surface area contributed by atoms with Crippen LogP contribution in [0.25, 0.3) is 34.2 Å². The van der Waals surface area contributed by atoms with Gasteiger partial charge in [0.15, 0.2) is 17.5 Å². The second-order valence-electron chi connectivity index (χ2n) is 13.9. The van der Waals surface area contributed by atoms with Crippen molar-refractivity contribution < 1.29 is 14.6 Å². The fraction of sp³-hybridized carbons (Fsp3) is 0.421. The van der Waals surface area contributed by atoms with Crippen LogP contribution in [-0.2, 0) is 30.5 Å². The Kier molecular flexibility index (Phi) is 8.53. The number of carbonyl (C=O) groups excluding carboxylic acids is 1. The summed E-state index contributed by atoms with van der Waals surface area (Å²) in [5, 5.41) is 11.1. The molecule has 0 saturated heterocycles. The number of aryl methyl sites for hydroxylation is 4. The van der Waals surface area contributed by atoms with Gasteiger partial charge in [0, 0.05) is 23.6 Å². The van der Waals surface area contributed by atoms with E-state index >= 15 is 0 Å². The van der Waals surface area contributed by atoms with Gasteiger partial charge in [0.2, 0.25) is 0 Å². The molecule has 6 rings (SSSR count). The molecular formula is C38H43N3O3. The molecule has 1 unspecified atom stereocenters. The zero-order valence-corrected chi connectivity index (χ0v) is 26.4. The summed E-state index contributed by atoms with van der Waals surface area (Å²) in [7, 11) is 0. The van der Waals surface area contributed by atoms with Crippen LogP contribution in [0.3, 0.4) is 0 Å². The number of fused-ring (bicyclic) bond motifs is 2. The van der Waals surface area contributed by atoms with E-state index in [-0.39, 0.29) is 23.1 Å². The Morgan fingerprint density at radius 1 is 0.750 bits per heavy atom. The second-order valence-corrected chi connectivity index (χ2v) is 13.9. The Morgan fingerprint density at radius 2 is 1.27 bits per heavy atom. The van der Waals surface area contributed by atoms with Gasteiger partial charge in [-0.05, 0) is 116 Å². The number of benzene rings is 3. The number of aromatic nitrogens is 3. The number of phenols is 1. The van der Waals surface area contributed by atoms with Gasteiger partial charge in [-0.25, -0.2) is 15.0 Å². The van der Waals surface area contributed by atoms with Gasteiger partial charge >= 0.3 is 5.97 Å².